The van der Waals surface area contributed by atoms with Crippen molar-refractivity contribution >= 4 is 52.1 Å². The van der Waals surface area contributed by atoms with E-state index in [1.54, 1.807) is 36.4 Å². The minimum Gasteiger partial charge on any atom is -0.447 e. The summed E-state index contributed by atoms with van der Waals surface area (Å²) < 4.78 is 32.9. The largest absolute Gasteiger partial charge is 0.447 e. The zero-order valence-corrected chi connectivity index (χ0v) is 24.8. The fraction of sp³-hybridized carbons (Fsp3) is 0.219. The number of fused-ring (bicyclic) bond motifs is 2. The van der Waals surface area contributed by atoms with Crippen molar-refractivity contribution in [3.63, 3.8) is 0 Å². The average molecular weight is 636 g/mol. The van der Waals surface area contributed by atoms with Crippen LogP contribution < -0.4 is 10.6 Å². The molecular formula is C32H28ClF2N5O5. The van der Waals surface area contributed by atoms with Crippen LogP contribution in [0.2, 0.25) is 5.02 Å². The Morgan fingerprint density at radius 1 is 1.00 bits per heavy atom. The van der Waals surface area contributed by atoms with Gasteiger partial charge < -0.3 is 15.0 Å². The van der Waals surface area contributed by atoms with Gasteiger partial charge in [-0.15, -0.1) is 0 Å². The van der Waals surface area contributed by atoms with E-state index in [9.17, 15) is 28.0 Å². The van der Waals surface area contributed by atoms with E-state index in [4.69, 9.17) is 16.3 Å². The van der Waals surface area contributed by atoms with Crippen molar-refractivity contribution in [3.8, 4) is 0 Å². The molecule has 1 atom stereocenters. The van der Waals surface area contributed by atoms with Crippen molar-refractivity contribution in [2.24, 2.45) is 0 Å². The number of likely N-dealkylation sites (N-methyl/N-ethyl adjacent to an activating group) is 1. The molecular weight excluding hydrogens is 608 g/mol. The van der Waals surface area contributed by atoms with Gasteiger partial charge in [0, 0.05) is 31.7 Å². The minimum absolute atomic E-state index is 0.0584. The molecule has 5 rings (SSSR count). The van der Waals surface area contributed by atoms with Gasteiger partial charge in [-0.25, -0.2) is 23.4 Å². The number of halogens is 3. The van der Waals surface area contributed by atoms with Gasteiger partial charge >= 0.3 is 12.1 Å². The second kappa shape index (κ2) is 13.7. The van der Waals surface area contributed by atoms with E-state index in [0.717, 1.165) is 4.90 Å². The highest BCUT2D eigenvalue weighted by Gasteiger charge is 2.35. The molecule has 0 saturated carbocycles. The van der Waals surface area contributed by atoms with Crippen LogP contribution in [-0.4, -0.2) is 65.0 Å². The molecule has 2 heterocycles. The Kier molecular flexibility index (Phi) is 9.53. The Balaban J connectivity index is 1.23. The van der Waals surface area contributed by atoms with Gasteiger partial charge in [0.25, 0.3) is 11.8 Å². The summed E-state index contributed by atoms with van der Waals surface area (Å²) in [5, 5.41) is 6.27. The molecule has 0 aliphatic carbocycles. The molecule has 232 valence electrons. The van der Waals surface area contributed by atoms with Gasteiger partial charge in [0.05, 0.1) is 22.2 Å². The van der Waals surface area contributed by atoms with Crippen LogP contribution >= 0.6 is 11.6 Å². The lowest BCUT2D eigenvalue weighted by atomic mass is 10.1. The van der Waals surface area contributed by atoms with Crippen molar-refractivity contribution in [1.82, 2.24) is 20.1 Å². The Morgan fingerprint density at radius 2 is 1.73 bits per heavy atom. The number of aromatic nitrogens is 1. The van der Waals surface area contributed by atoms with Gasteiger partial charge in [-0.05, 0) is 66.3 Å². The Hall–Kier alpha value is -5.10. The van der Waals surface area contributed by atoms with Crippen LogP contribution in [0.15, 0.2) is 72.9 Å². The summed E-state index contributed by atoms with van der Waals surface area (Å²) in [4.78, 5) is 57.9. The van der Waals surface area contributed by atoms with Crippen molar-refractivity contribution < 1.29 is 32.7 Å². The molecule has 1 aliphatic heterocycles. The molecule has 0 fully saturated rings. The topological polar surface area (TPSA) is 121 Å². The number of carbonyl (C=O) groups is 4. The number of hydrogen-bond acceptors (Lipinski definition) is 6. The normalized spacial score (nSPS) is 13.0. The molecule has 4 aromatic rings. The maximum Gasteiger partial charge on any atom is 0.412 e. The predicted molar refractivity (Wildman–Crippen MR) is 163 cm³/mol. The number of pyridine rings is 1. The minimum atomic E-state index is -0.857. The molecule has 45 heavy (non-hydrogen) atoms. The van der Waals surface area contributed by atoms with Crippen molar-refractivity contribution in [1.29, 1.82) is 0 Å². The van der Waals surface area contributed by atoms with Crippen LogP contribution in [0.5, 0.6) is 0 Å². The van der Waals surface area contributed by atoms with Gasteiger partial charge in [-0.2, -0.15) is 0 Å². The SMILES string of the molecule is CN(C(=O)NCc1cccc(F)c1Cl)[C@H](CCCN1C(=O)c2ccccc2C1=O)COC(=O)Nc1cc2cc(F)ccc2cn1. The summed E-state index contributed by atoms with van der Waals surface area (Å²) in [5.41, 5.74) is 1.03. The van der Waals surface area contributed by atoms with E-state index in [1.165, 1.54) is 48.5 Å². The second-order valence-electron chi connectivity index (χ2n) is 10.4. The molecule has 1 aromatic heterocycles. The third-order valence-electron chi connectivity index (χ3n) is 7.45. The molecule has 0 unspecified atom stereocenters. The number of imide groups is 1. The first kappa shape index (κ1) is 31.3. The first-order chi connectivity index (χ1) is 21.6. The number of urea groups is 1. The van der Waals surface area contributed by atoms with Crippen molar-refractivity contribution in [2.75, 3.05) is 25.5 Å². The van der Waals surface area contributed by atoms with Gasteiger partial charge in [-0.1, -0.05) is 35.9 Å². The Morgan fingerprint density at radius 3 is 2.47 bits per heavy atom. The van der Waals surface area contributed by atoms with Gasteiger partial charge in [-0.3, -0.25) is 19.8 Å². The molecule has 1 aliphatic rings. The summed E-state index contributed by atoms with van der Waals surface area (Å²) in [6.45, 7) is -0.223. The number of amides is 5. The Labute approximate surface area is 261 Å². The smallest absolute Gasteiger partial charge is 0.412 e. The average Bonchev–Trinajstić information content (AvgIpc) is 3.27. The van der Waals surface area contributed by atoms with Crippen LogP contribution in [0.25, 0.3) is 10.8 Å². The molecule has 0 saturated heterocycles. The Bertz CT molecular complexity index is 1750. The van der Waals surface area contributed by atoms with E-state index >= 15 is 0 Å². The number of benzene rings is 3. The van der Waals surface area contributed by atoms with Gasteiger partial charge in [0.1, 0.15) is 24.1 Å². The highest BCUT2D eigenvalue weighted by molar-refractivity contribution is 6.31. The fourth-order valence-corrected chi connectivity index (χ4v) is 5.15. The number of carbonyl (C=O) groups excluding carboxylic acids is 4. The molecule has 2 N–H and O–H groups in total. The van der Waals surface area contributed by atoms with E-state index in [0.29, 0.717) is 33.9 Å². The number of anilines is 1. The van der Waals surface area contributed by atoms with Gasteiger partial charge in [0.15, 0.2) is 0 Å². The first-order valence-corrected chi connectivity index (χ1v) is 14.4. The maximum absolute atomic E-state index is 13.8. The molecule has 3 aromatic carbocycles. The monoisotopic (exact) mass is 635 g/mol. The van der Waals surface area contributed by atoms with Crippen molar-refractivity contribution in [3.05, 3.63) is 106 Å². The maximum atomic E-state index is 13.8. The van der Waals surface area contributed by atoms with Crippen LogP contribution in [0.3, 0.4) is 0 Å². The summed E-state index contributed by atoms with van der Waals surface area (Å²) in [6.07, 6.45) is 1.17. The van der Waals surface area contributed by atoms with Crippen LogP contribution in [-0.2, 0) is 11.3 Å². The first-order valence-electron chi connectivity index (χ1n) is 14.0. The number of nitrogens with one attached hydrogen (secondary N) is 2. The van der Waals surface area contributed by atoms with E-state index in [-0.39, 0.29) is 37.0 Å². The summed E-state index contributed by atoms with van der Waals surface area (Å²) in [5.74, 6) is -1.72. The summed E-state index contributed by atoms with van der Waals surface area (Å²) in [7, 11) is 1.50. The van der Waals surface area contributed by atoms with E-state index in [2.05, 4.69) is 15.6 Å². The molecule has 0 bridgehead atoms. The van der Waals surface area contributed by atoms with Crippen LogP contribution in [0.4, 0.5) is 24.2 Å². The van der Waals surface area contributed by atoms with Crippen LogP contribution in [0.1, 0.15) is 39.1 Å². The zero-order valence-electron chi connectivity index (χ0n) is 24.1. The van der Waals surface area contributed by atoms with E-state index < -0.39 is 41.6 Å². The van der Waals surface area contributed by atoms with Gasteiger partial charge in [0.2, 0.25) is 0 Å². The number of hydrogen-bond donors (Lipinski definition) is 2. The number of rotatable bonds is 10. The number of ether oxygens (including phenoxy) is 1. The van der Waals surface area contributed by atoms with E-state index in [1.807, 2.05) is 0 Å². The molecule has 13 heteroatoms. The molecule has 0 spiro atoms. The highest BCUT2D eigenvalue weighted by Crippen LogP contribution is 2.24. The predicted octanol–water partition coefficient (Wildman–Crippen LogP) is 6.00. The zero-order chi connectivity index (χ0) is 32.1. The standard InChI is InChI=1S/C32H28ClF2N5O5/c1-39(31(43)37-17-20-6-4-10-26(35)28(20)33)23(7-5-13-40-29(41)24-8-2-3-9-25(24)30(40)42)18-45-32(44)38-27-15-21-14-22(34)12-11-19(21)16-36-27/h2-4,6,8-12,14-16,23H,5,7,13,17-18H2,1H3,(H,37,43)(H,36,38,44)/t23-/m1/s1. The molecule has 5 amide bonds. The third-order valence-corrected chi connectivity index (χ3v) is 7.87. The quantitative estimate of drug-likeness (QED) is 0.206. The lowest BCUT2D eigenvalue weighted by Gasteiger charge is -2.28. The lowest BCUT2D eigenvalue weighted by molar-refractivity contribution is 0.0644. The molecule has 0 radical (unpaired) electrons. The lowest BCUT2D eigenvalue weighted by Crippen LogP contribution is -2.46. The number of nitrogens with zero attached hydrogens (tertiary/aromatic N) is 3. The van der Waals surface area contributed by atoms with Crippen LogP contribution in [0, 0.1) is 11.6 Å². The highest BCUT2D eigenvalue weighted by atomic mass is 35.5. The summed E-state index contributed by atoms with van der Waals surface area (Å²) >= 11 is 6.01. The summed E-state index contributed by atoms with van der Waals surface area (Å²) in [6, 6.07) is 15.2. The fourth-order valence-electron chi connectivity index (χ4n) is 4.96. The third kappa shape index (κ3) is 7.18. The second-order valence-corrected chi connectivity index (χ2v) is 10.7. The molecule has 10 nitrogen and oxygen atoms in total. The van der Waals surface area contributed by atoms with Crippen molar-refractivity contribution in [2.45, 2.75) is 25.4 Å².